The Morgan fingerprint density at radius 1 is 0.946 bits per heavy atom. The van der Waals surface area contributed by atoms with Gasteiger partial charge in [-0.05, 0) is 86.1 Å². The van der Waals surface area contributed by atoms with Crippen molar-refractivity contribution in [1.29, 1.82) is 5.26 Å². The van der Waals surface area contributed by atoms with E-state index < -0.39 is 6.04 Å². The van der Waals surface area contributed by atoms with E-state index in [1.807, 2.05) is 24.3 Å². The van der Waals surface area contributed by atoms with Gasteiger partial charge in [0.25, 0.3) is 11.8 Å². The molecule has 3 aromatic carbocycles. The fourth-order valence-corrected chi connectivity index (χ4v) is 10.5. The molecule has 56 heavy (non-hydrogen) atoms. The molecule has 4 amide bonds. The quantitative estimate of drug-likeness (QED) is 0.241. The summed E-state index contributed by atoms with van der Waals surface area (Å²) in [4.78, 5) is 57.4. The summed E-state index contributed by atoms with van der Waals surface area (Å²) >= 11 is 6.25. The first-order valence-corrected chi connectivity index (χ1v) is 20.2. The highest BCUT2D eigenvalue weighted by atomic mass is 35.5. The van der Waals surface area contributed by atoms with Crippen molar-refractivity contribution >= 4 is 46.6 Å². The molecule has 0 radical (unpaired) electrons. The van der Waals surface area contributed by atoms with Gasteiger partial charge in [0.2, 0.25) is 11.8 Å². The van der Waals surface area contributed by atoms with Crippen molar-refractivity contribution < 1.29 is 23.9 Å². The van der Waals surface area contributed by atoms with E-state index in [4.69, 9.17) is 16.3 Å². The summed E-state index contributed by atoms with van der Waals surface area (Å²) in [6.07, 6.45) is 3.87. The minimum absolute atomic E-state index is 0.102. The van der Waals surface area contributed by atoms with Crippen LogP contribution in [0.1, 0.15) is 91.6 Å². The van der Waals surface area contributed by atoms with Crippen LogP contribution < -0.4 is 25.2 Å². The van der Waals surface area contributed by atoms with Crippen molar-refractivity contribution in [1.82, 2.24) is 15.5 Å². The Morgan fingerprint density at radius 3 is 2.32 bits per heavy atom. The average Bonchev–Trinajstić information content (AvgIpc) is 3.50. The number of fused-ring (bicyclic) bond motifs is 1. The van der Waals surface area contributed by atoms with Crippen LogP contribution in [0.3, 0.4) is 0 Å². The summed E-state index contributed by atoms with van der Waals surface area (Å²) in [5, 5.41) is 15.2. The molecule has 292 valence electrons. The van der Waals surface area contributed by atoms with Gasteiger partial charge in [-0.2, -0.15) is 5.26 Å². The third-order valence-corrected chi connectivity index (χ3v) is 13.4. The van der Waals surface area contributed by atoms with Crippen LogP contribution in [0.5, 0.6) is 5.75 Å². The van der Waals surface area contributed by atoms with E-state index in [0.717, 1.165) is 56.0 Å². The monoisotopic (exact) mass is 776 g/mol. The summed E-state index contributed by atoms with van der Waals surface area (Å²) in [7, 11) is 0. The molecule has 12 heteroatoms. The van der Waals surface area contributed by atoms with Crippen LogP contribution in [-0.4, -0.2) is 72.9 Å². The Morgan fingerprint density at radius 2 is 1.66 bits per heavy atom. The minimum atomic E-state index is -0.607. The molecular formula is C44H49ClN6O5. The molecule has 0 spiro atoms. The Labute approximate surface area is 333 Å². The molecule has 1 saturated carbocycles. The average molecular weight is 777 g/mol. The summed E-state index contributed by atoms with van der Waals surface area (Å²) in [6.45, 7) is 12.7. The van der Waals surface area contributed by atoms with Crippen LogP contribution in [-0.2, 0) is 16.1 Å². The number of hydrogen-bond donors (Lipinski definition) is 2. The third-order valence-electron chi connectivity index (χ3n) is 13.1. The fourth-order valence-electron chi connectivity index (χ4n) is 10.3. The van der Waals surface area contributed by atoms with E-state index in [0.29, 0.717) is 52.3 Å². The van der Waals surface area contributed by atoms with Gasteiger partial charge in [-0.25, -0.2) is 0 Å². The fraction of sp³-hybridized carbons (Fsp3) is 0.477. The van der Waals surface area contributed by atoms with E-state index >= 15 is 0 Å². The number of nitriles is 1. The highest BCUT2D eigenvalue weighted by molar-refractivity contribution is 6.31. The maximum Gasteiger partial charge on any atom is 0.255 e. The second-order valence-corrected chi connectivity index (χ2v) is 17.9. The lowest BCUT2D eigenvalue weighted by Gasteiger charge is -2.63. The molecule has 0 bridgehead atoms. The molecule has 1 unspecified atom stereocenters. The topological polar surface area (TPSA) is 135 Å². The zero-order valence-corrected chi connectivity index (χ0v) is 33.2. The molecule has 4 aliphatic heterocycles. The van der Waals surface area contributed by atoms with Gasteiger partial charge < -0.3 is 24.8 Å². The number of amides is 4. The number of imide groups is 1. The zero-order chi connectivity index (χ0) is 39.5. The number of carbonyl (C=O) groups excluding carboxylic acids is 4. The number of piperidine rings is 2. The van der Waals surface area contributed by atoms with Gasteiger partial charge in [0.1, 0.15) is 24.0 Å². The lowest BCUT2D eigenvalue weighted by atomic mass is 9.49. The molecule has 1 aliphatic carbocycles. The normalized spacial score (nSPS) is 24.5. The molecule has 11 nitrogen and oxygen atoms in total. The van der Waals surface area contributed by atoms with Crippen molar-refractivity contribution in [2.24, 2.45) is 22.7 Å². The van der Waals surface area contributed by atoms with Crippen LogP contribution in [0.15, 0.2) is 60.7 Å². The first kappa shape index (κ1) is 37.8. The van der Waals surface area contributed by atoms with E-state index in [-0.39, 0.29) is 53.0 Å². The predicted octanol–water partition coefficient (Wildman–Crippen LogP) is 6.33. The summed E-state index contributed by atoms with van der Waals surface area (Å²) < 4.78 is 6.38. The first-order valence-electron chi connectivity index (χ1n) is 19.8. The second-order valence-electron chi connectivity index (χ2n) is 17.5. The van der Waals surface area contributed by atoms with Crippen molar-refractivity contribution in [3.63, 3.8) is 0 Å². The minimum Gasteiger partial charge on any atom is -0.489 e. The molecule has 1 atom stereocenters. The Hall–Kier alpha value is -5.08. The van der Waals surface area contributed by atoms with Gasteiger partial charge in [0.05, 0.1) is 10.6 Å². The van der Waals surface area contributed by atoms with Gasteiger partial charge in [-0.1, -0.05) is 45.4 Å². The number of carbonyl (C=O) groups is 4. The van der Waals surface area contributed by atoms with Crippen LogP contribution >= 0.6 is 11.6 Å². The number of hydrogen-bond acceptors (Lipinski definition) is 8. The lowest BCUT2D eigenvalue weighted by Crippen LogP contribution is -2.74. The van der Waals surface area contributed by atoms with E-state index in [1.54, 1.807) is 23.1 Å². The maximum atomic E-state index is 13.5. The van der Waals surface area contributed by atoms with Gasteiger partial charge in [-0.15, -0.1) is 0 Å². The van der Waals surface area contributed by atoms with Gasteiger partial charge in [0, 0.05) is 90.1 Å². The Kier molecular flexibility index (Phi) is 9.76. The number of rotatable bonds is 9. The number of halogens is 1. The third kappa shape index (κ3) is 6.76. The highest BCUT2D eigenvalue weighted by Crippen LogP contribution is 2.55. The first-order chi connectivity index (χ1) is 26.7. The van der Waals surface area contributed by atoms with Crippen LogP contribution in [0, 0.1) is 34.0 Å². The standard InChI is InChI=1S/C44H49ClN6O5/c1-43(2)41(44(3,4)42(43)56-31-13-10-29(22-46)34(45)21-31)48-38(53)28-8-11-30(12-9-28)49-18-16-26(17-19-49)20-27-23-50(24-27)35-7-5-6-32-33(35)25-51(40(32)55)36-14-15-37(52)47-39(36)54/h5-13,21,26-27,36,41-42H,14-20,23-25H2,1-4H3,(H,48,53)(H,47,52,54)/t36?,41-,42-. The number of ether oxygens (including phenoxy) is 1. The number of nitrogens with zero attached hydrogens (tertiary/aromatic N) is 4. The van der Waals surface area contributed by atoms with Crippen LogP contribution in [0.25, 0.3) is 0 Å². The number of anilines is 2. The maximum absolute atomic E-state index is 13.5. The van der Waals surface area contributed by atoms with Crippen LogP contribution in [0.4, 0.5) is 11.4 Å². The summed E-state index contributed by atoms with van der Waals surface area (Å²) in [5.41, 5.74) is 4.21. The molecule has 4 fully saturated rings. The van der Waals surface area contributed by atoms with Crippen LogP contribution in [0.2, 0.25) is 5.02 Å². The lowest BCUT2D eigenvalue weighted by molar-refractivity contribution is -0.164. The molecule has 3 saturated heterocycles. The van der Waals surface area contributed by atoms with E-state index in [1.165, 1.54) is 6.42 Å². The molecular weight excluding hydrogens is 728 g/mol. The largest absolute Gasteiger partial charge is 0.489 e. The smallest absolute Gasteiger partial charge is 0.255 e. The SMILES string of the molecule is CC1(C)[C@H](NC(=O)c2ccc(N3CCC(CC4CN(c5cccc6c5CN(C5CCC(=O)NC5=O)C6=O)C4)CC3)cc2)C(C)(C)[C@H]1Oc1ccc(C#N)c(Cl)c1. The Balaban J connectivity index is 0.800. The Bertz CT molecular complexity index is 2100. The zero-order valence-electron chi connectivity index (χ0n) is 32.4. The molecule has 3 aromatic rings. The molecule has 8 rings (SSSR count). The highest BCUT2D eigenvalue weighted by Gasteiger charge is 2.64. The van der Waals surface area contributed by atoms with Crippen molar-refractivity contribution in [3.05, 3.63) is 87.9 Å². The molecule has 4 heterocycles. The van der Waals surface area contributed by atoms with Gasteiger partial charge in [-0.3, -0.25) is 24.5 Å². The van der Waals surface area contributed by atoms with E-state index in [9.17, 15) is 24.4 Å². The number of benzene rings is 3. The number of nitrogens with one attached hydrogen (secondary N) is 2. The van der Waals surface area contributed by atoms with Gasteiger partial charge in [0.15, 0.2) is 0 Å². The van der Waals surface area contributed by atoms with Crippen molar-refractivity contribution in [2.75, 3.05) is 36.0 Å². The van der Waals surface area contributed by atoms with E-state index in [2.05, 4.69) is 72.4 Å². The predicted molar refractivity (Wildman–Crippen MR) is 214 cm³/mol. The summed E-state index contributed by atoms with van der Waals surface area (Å²) in [6, 6.07) is 20.3. The van der Waals surface area contributed by atoms with Crippen molar-refractivity contribution in [3.8, 4) is 11.8 Å². The molecule has 5 aliphatic rings. The van der Waals surface area contributed by atoms with Crippen molar-refractivity contribution in [2.45, 2.75) is 84.5 Å². The summed E-state index contributed by atoms with van der Waals surface area (Å²) in [5.74, 6) is 0.969. The van der Waals surface area contributed by atoms with Gasteiger partial charge >= 0.3 is 0 Å². The molecule has 2 N–H and O–H groups in total. The second kappa shape index (κ2) is 14.5. The molecule has 0 aromatic heterocycles.